The normalized spacial score (nSPS) is 23.6. The molecular formula is C20H28N2O3. The highest BCUT2D eigenvalue weighted by atomic mass is 16.6. The molecule has 0 spiro atoms. The van der Waals surface area contributed by atoms with E-state index in [9.17, 15) is 9.59 Å². The fraction of sp³-hybridized carbons (Fsp3) is 0.600. The predicted molar refractivity (Wildman–Crippen MR) is 96.2 cm³/mol. The Kier molecular flexibility index (Phi) is 5.61. The number of piperidine rings is 1. The minimum atomic E-state index is -0.295. The number of aryl methyl sites for hydroxylation is 1. The van der Waals surface area contributed by atoms with Crippen molar-refractivity contribution in [2.45, 2.75) is 45.6 Å². The summed E-state index contributed by atoms with van der Waals surface area (Å²) in [7, 11) is 0. The quantitative estimate of drug-likeness (QED) is 0.843. The lowest BCUT2D eigenvalue weighted by Gasteiger charge is -2.35. The molecule has 25 heavy (non-hydrogen) atoms. The van der Waals surface area contributed by atoms with Gasteiger partial charge in [-0.3, -0.25) is 4.79 Å². The molecule has 2 aliphatic heterocycles. The van der Waals surface area contributed by atoms with E-state index in [1.807, 2.05) is 4.90 Å². The molecule has 2 unspecified atom stereocenters. The third-order valence-corrected chi connectivity index (χ3v) is 5.29. The number of rotatable bonds is 3. The van der Waals surface area contributed by atoms with Crippen LogP contribution in [-0.2, 0) is 9.53 Å². The van der Waals surface area contributed by atoms with Crippen LogP contribution in [0.25, 0.3) is 0 Å². The lowest BCUT2D eigenvalue weighted by atomic mass is 9.95. The second-order valence-corrected chi connectivity index (χ2v) is 7.08. The molecule has 2 amide bonds. The molecule has 3 rings (SSSR count). The van der Waals surface area contributed by atoms with Gasteiger partial charge in [-0.1, -0.05) is 29.8 Å². The van der Waals surface area contributed by atoms with Crippen molar-refractivity contribution in [2.75, 3.05) is 26.2 Å². The second-order valence-electron chi connectivity index (χ2n) is 7.08. The van der Waals surface area contributed by atoms with Gasteiger partial charge >= 0.3 is 6.09 Å². The van der Waals surface area contributed by atoms with E-state index in [0.29, 0.717) is 19.7 Å². The van der Waals surface area contributed by atoms with Gasteiger partial charge in [0.2, 0.25) is 5.91 Å². The summed E-state index contributed by atoms with van der Waals surface area (Å²) >= 11 is 0. The Morgan fingerprint density at radius 2 is 1.84 bits per heavy atom. The molecule has 0 aromatic heterocycles. The molecule has 5 nitrogen and oxygen atoms in total. The van der Waals surface area contributed by atoms with Gasteiger partial charge in [0.05, 0.1) is 18.6 Å². The topological polar surface area (TPSA) is 49.9 Å². The van der Waals surface area contributed by atoms with Gasteiger partial charge in [-0.25, -0.2) is 4.79 Å². The molecule has 2 fully saturated rings. The lowest BCUT2D eigenvalue weighted by Crippen LogP contribution is -2.46. The molecule has 0 aliphatic carbocycles. The molecule has 0 N–H and O–H groups in total. The Hall–Kier alpha value is -2.04. The van der Waals surface area contributed by atoms with Crippen LogP contribution in [0.1, 0.15) is 49.8 Å². The van der Waals surface area contributed by atoms with Crippen LogP contribution in [0.5, 0.6) is 0 Å². The van der Waals surface area contributed by atoms with Crippen LogP contribution in [0.4, 0.5) is 4.79 Å². The van der Waals surface area contributed by atoms with E-state index < -0.39 is 0 Å². The highest BCUT2D eigenvalue weighted by molar-refractivity contribution is 5.81. The summed E-state index contributed by atoms with van der Waals surface area (Å²) in [5, 5.41) is 0. The monoisotopic (exact) mass is 344 g/mol. The molecule has 0 saturated carbocycles. The number of likely N-dealkylation sites (tertiary alicyclic amines) is 2. The highest BCUT2D eigenvalue weighted by Crippen LogP contribution is 2.34. The maximum absolute atomic E-state index is 13.1. The van der Waals surface area contributed by atoms with Crippen molar-refractivity contribution in [3.63, 3.8) is 0 Å². The zero-order valence-corrected chi connectivity index (χ0v) is 15.2. The molecule has 0 radical (unpaired) electrons. The van der Waals surface area contributed by atoms with Crippen LogP contribution < -0.4 is 0 Å². The Morgan fingerprint density at radius 3 is 2.56 bits per heavy atom. The van der Waals surface area contributed by atoms with E-state index >= 15 is 0 Å². The van der Waals surface area contributed by atoms with Crippen LogP contribution >= 0.6 is 0 Å². The number of amides is 2. The molecule has 2 heterocycles. The van der Waals surface area contributed by atoms with Crippen molar-refractivity contribution in [2.24, 2.45) is 5.92 Å². The van der Waals surface area contributed by atoms with Crippen LogP contribution in [0, 0.1) is 12.8 Å². The van der Waals surface area contributed by atoms with Crippen molar-refractivity contribution in [3.8, 4) is 0 Å². The van der Waals surface area contributed by atoms with Gasteiger partial charge in [0.25, 0.3) is 0 Å². The number of carbonyl (C=O) groups excluding carboxylic acids is 2. The fourth-order valence-corrected chi connectivity index (χ4v) is 3.96. The van der Waals surface area contributed by atoms with Crippen LogP contribution in [0.15, 0.2) is 24.3 Å². The Bertz CT molecular complexity index is 614. The first kappa shape index (κ1) is 17.8. The SMILES string of the molecule is CCOC(=O)N1CCCC(C(=O)N2CCCC2c2ccc(C)cc2)C1. The molecule has 2 atom stereocenters. The van der Waals surface area contributed by atoms with Crippen molar-refractivity contribution >= 4 is 12.0 Å². The van der Waals surface area contributed by atoms with Crippen molar-refractivity contribution in [3.05, 3.63) is 35.4 Å². The van der Waals surface area contributed by atoms with E-state index in [-0.39, 0.29) is 24.0 Å². The number of benzene rings is 1. The average molecular weight is 344 g/mol. The number of ether oxygens (including phenoxy) is 1. The van der Waals surface area contributed by atoms with Crippen LogP contribution in [0.2, 0.25) is 0 Å². The van der Waals surface area contributed by atoms with Crippen LogP contribution in [-0.4, -0.2) is 48.0 Å². The molecule has 136 valence electrons. The molecule has 2 saturated heterocycles. The highest BCUT2D eigenvalue weighted by Gasteiger charge is 2.36. The summed E-state index contributed by atoms with van der Waals surface area (Å²) in [5.41, 5.74) is 2.45. The minimum Gasteiger partial charge on any atom is -0.450 e. The van der Waals surface area contributed by atoms with Crippen LogP contribution in [0.3, 0.4) is 0 Å². The van der Waals surface area contributed by atoms with Gasteiger partial charge in [0.1, 0.15) is 0 Å². The predicted octanol–water partition coefficient (Wildman–Crippen LogP) is 3.53. The summed E-state index contributed by atoms with van der Waals surface area (Å²) in [5.74, 6) is 0.0845. The zero-order chi connectivity index (χ0) is 17.8. The molecule has 0 bridgehead atoms. The molecule has 1 aromatic rings. The van der Waals surface area contributed by atoms with E-state index in [4.69, 9.17) is 4.74 Å². The maximum Gasteiger partial charge on any atom is 0.409 e. The first-order chi connectivity index (χ1) is 12.1. The standard InChI is InChI=1S/C20H28N2O3/c1-3-25-20(24)21-12-4-6-17(14-21)19(23)22-13-5-7-18(22)16-10-8-15(2)9-11-16/h8-11,17-18H,3-7,12-14H2,1-2H3. The maximum atomic E-state index is 13.1. The van der Waals surface area contributed by atoms with Gasteiger partial charge in [-0.05, 0) is 45.1 Å². The van der Waals surface area contributed by atoms with E-state index in [1.54, 1.807) is 11.8 Å². The zero-order valence-electron chi connectivity index (χ0n) is 15.2. The smallest absolute Gasteiger partial charge is 0.409 e. The second kappa shape index (κ2) is 7.89. The van der Waals surface area contributed by atoms with E-state index in [2.05, 4.69) is 31.2 Å². The number of carbonyl (C=O) groups is 2. The van der Waals surface area contributed by atoms with Gasteiger partial charge in [0.15, 0.2) is 0 Å². The van der Waals surface area contributed by atoms with Gasteiger partial charge < -0.3 is 14.5 Å². The van der Waals surface area contributed by atoms with Crippen molar-refractivity contribution < 1.29 is 14.3 Å². The molecular weight excluding hydrogens is 316 g/mol. The van der Waals surface area contributed by atoms with Gasteiger partial charge in [0, 0.05) is 19.6 Å². The summed E-state index contributed by atoms with van der Waals surface area (Å²) < 4.78 is 5.10. The molecule has 5 heteroatoms. The molecule has 2 aliphatic rings. The average Bonchev–Trinajstić information content (AvgIpc) is 3.11. The Morgan fingerprint density at radius 1 is 1.12 bits per heavy atom. The summed E-state index contributed by atoms with van der Waals surface area (Å²) in [6.45, 7) is 6.23. The summed E-state index contributed by atoms with van der Waals surface area (Å²) in [4.78, 5) is 28.8. The van der Waals surface area contributed by atoms with E-state index in [0.717, 1.165) is 32.2 Å². The van der Waals surface area contributed by atoms with E-state index in [1.165, 1.54) is 11.1 Å². The van der Waals surface area contributed by atoms with Crippen molar-refractivity contribution in [1.82, 2.24) is 9.80 Å². The number of hydrogen-bond acceptors (Lipinski definition) is 3. The summed E-state index contributed by atoms with van der Waals surface area (Å²) in [6.07, 6.45) is 3.47. The number of hydrogen-bond donors (Lipinski definition) is 0. The number of nitrogens with zero attached hydrogens (tertiary/aromatic N) is 2. The third kappa shape index (κ3) is 3.97. The summed E-state index contributed by atoms with van der Waals surface area (Å²) in [6, 6.07) is 8.67. The molecule has 1 aromatic carbocycles. The largest absolute Gasteiger partial charge is 0.450 e. The Balaban J connectivity index is 1.68. The van der Waals surface area contributed by atoms with Crippen molar-refractivity contribution in [1.29, 1.82) is 0 Å². The van der Waals surface area contributed by atoms with Gasteiger partial charge in [-0.15, -0.1) is 0 Å². The third-order valence-electron chi connectivity index (χ3n) is 5.29. The fourth-order valence-electron chi connectivity index (χ4n) is 3.96. The first-order valence-electron chi connectivity index (χ1n) is 9.39. The lowest BCUT2D eigenvalue weighted by molar-refractivity contribution is -0.138. The first-order valence-corrected chi connectivity index (χ1v) is 9.39. The Labute approximate surface area is 149 Å². The minimum absolute atomic E-state index is 0.107. The van der Waals surface area contributed by atoms with Gasteiger partial charge in [-0.2, -0.15) is 0 Å².